The van der Waals surface area contributed by atoms with Gasteiger partial charge in [-0.2, -0.15) is 0 Å². The Balaban J connectivity index is 2.05. The van der Waals surface area contributed by atoms with Crippen molar-refractivity contribution < 1.29 is 14.6 Å². The molecule has 2 N–H and O–H groups in total. The van der Waals surface area contributed by atoms with Crippen LogP contribution in [0.25, 0.3) is 0 Å². The van der Waals surface area contributed by atoms with E-state index in [1.807, 2.05) is 6.07 Å². The Morgan fingerprint density at radius 1 is 1.50 bits per heavy atom. The Kier molecular flexibility index (Phi) is 5.16. The van der Waals surface area contributed by atoms with E-state index in [0.29, 0.717) is 5.56 Å². The highest BCUT2D eigenvalue weighted by Gasteiger charge is 2.28. The molecule has 1 fully saturated rings. The topological polar surface area (TPSA) is 58.6 Å². The van der Waals surface area contributed by atoms with E-state index < -0.39 is 0 Å². The largest absolute Gasteiger partial charge is 0.384 e. The van der Waals surface area contributed by atoms with Crippen molar-refractivity contribution in [1.82, 2.24) is 5.32 Å². The van der Waals surface area contributed by atoms with Crippen molar-refractivity contribution in [1.29, 1.82) is 0 Å². The van der Waals surface area contributed by atoms with E-state index in [2.05, 4.69) is 17.2 Å². The molecule has 0 radical (unpaired) electrons. The van der Waals surface area contributed by atoms with Crippen LogP contribution >= 0.6 is 0 Å². The minimum atomic E-state index is -0.186. The molecule has 4 nitrogen and oxygen atoms in total. The molecule has 0 aliphatic heterocycles. The molecule has 1 amide bonds. The number of benzene rings is 1. The van der Waals surface area contributed by atoms with Crippen molar-refractivity contribution in [2.75, 3.05) is 13.7 Å². The zero-order chi connectivity index (χ0) is 14.4. The van der Waals surface area contributed by atoms with E-state index in [9.17, 15) is 4.79 Å². The lowest BCUT2D eigenvalue weighted by Gasteiger charge is -2.19. The highest BCUT2D eigenvalue weighted by atomic mass is 16.5. The molecule has 0 spiro atoms. The Bertz CT molecular complexity index is 530. The number of nitrogens with one attached hydrogen (secondary N) is 1. The molecule has 4 heteroatoms. The van der Waals surface area contributed by atoms with Crippen LogP contribution < -0.4 is 5.32 Å². The van der Waals surface area contributed by atoms with Gasteiger partial charge >= 0.3 is 0 Å². The van der Waals surface area contributed by atoms with Gasteiger partial charge in [0.05, 0.1) is 12.1 Å². The average Bonchev–Trinajstić information content (AvgIpc) is 2.92. The highest BCUT2D eigenvalue weighted by Crippen LogP contribution is 2.21. The third kappa shape index (κ3) is 3.60. The lowest BCUT2D eigenvalue weighted by atomic mass is 10.1. The van der Waals surface area contributed by atoms with Gasteiger partial charge in [-0.05, 0) is 37.5 Å². The number of methoxy groups -OCH3 is 1. The molecule has 2 unspecified atom stereocenters. The molecule has 1 aromatic carbocycles. The molecule has 0 saturated heterocycles. The maximum atomic E-state index is 12.2. The van der Waals surface area contributed by atoms with Crippen molar-refractivity contribution >= 4 is 5.91 Å². The molecule has 0 bridgehead atoms. The maximum Gasteiger partial charge on any atom is 0.251 e. The predicted molar refractivity (Wildman–Crippen MR) is 76.3 cm³/mol. The first kappa shape index (κ1) is 14.6. The number of aliphatic hydroxyl groups excluding tert-OH is 1. The van der Waals surface area contributed by atoms with E-state index in [0.717, 1.165) is 24.8 Å². The van der Waals surface area contributed by atoms with E-state index in [1.165, 1.54) is 0 Å². The van der Waals surface area contributed by atoms with Crippen molar-refractivity contribution in [3.63, 3.8) is 0 Å². The zero-order valence-corrected chi connectivity index (χ0v) is 11.6. The number of carbonyl (C=O) groups excluding carboxylic acids is 1. The Hall–Kier alpha value is -1.83. The fourth-order valence-electron chi connectivity index (χ4n) is 2.50. The number of amides is 1. The lowest BCUT2D eigenvalue weighted by molar-refractivity contribution is 0.0722. The van der Waals surface area contributed by atoms with Crippen LogP contribution in [0.4, 0.5) is 0 Å². The van der Waals surface area contributed by atoms with E-state index >= 15 is 0 Å². The molecule has 1 aliphatic carbocycles. The second-order valence-corrected chi connectivity index (χ2v) is 4.83. The average molecular weight is 273 g/mol. The summed E-state index contributed by atoms with van der Waals surface area (Å²) in [7, 11) is 1.68. The molecular formula is C16H19NO3. The Morgan fingerprint density at radius 3 is 3.10 bits per heavy atom. The summed E-state index contributed by atoms with van der Waals surface area (Å²) in [5, 5.41) is 11.7. The smallest absolute Gasteiger partial charge is 0.251 e. The fourth-order valence-corrected chi connectivity index (χ4v) is 2.50. The first-order valence-electron chi connectivity index (χ1n) is 6.78. The summed E-state index contributed by atoms with van der Waals surface area (Å²) in [6.45, 7) is -0.186. The van der Waals surface area contributed by atoms with Crippen LogP contribution in [-0.4, -0.2) is 36.9 Å². The molecule has 2 rings (SSSR count). The molecule has 0 aromatic heterocycles. The molecule has 1 saturated carbocycles. The summed E-state index contributed by atoms with van der Waals surface area (Å²) in [5.74, 6) is 5.27. The highest BCUT2D eigenvalue weighted by molar-refractivity contribution is 5.94. The summed E-state index contributed by atoms with van der Waals surface area (Å²) in [6.07, 6.45) is 3.12. The number of rotatable bonds is 3. The van der Waals surface area contributed by atoms with Crippen LogP contribution in [0.1, 0.15) is 35.2 Å². The molecule has 1 aromatic rings. The molecular weight excluding hydrogens is 254 g/mol. The van der Waals surface area contributed by atoms with Crippen LogP contribution in [0.3, 0.4) is 0 Å². The van der Waals surface area contributed by atoms with Gasteiger partial charge in [0, 0.05) is 18.2 Å². The van der Waals surface area contributed by atoms with Gasteiger partial charge in [0.15, 0.2) is 0 Å². The zero-order valence-electron chi connectivity index (χ0n) is 11.6. The van der Waals surface area contributed by atoms with Gasteiger partial charge < -0.3 is 15.2 Å². The number of aliphatic hydroxyl groups is 1. The number of carbonyl (C=O) groups is 1. The molecule has 2 atom stereocenters. The van der Waals surface area contributed by atoms with E-state index in [-0.39, 0.29) is 24.7 Å². The molecule has 1 aliphatic rings. The normalized spacial score (nSPS) is 21.1. The molecule has 0 heterocycles. The summed E-state index contributed by atoms with van der Waals surface area (Å²) >= 11 is 0. The first-order valence-corrected chi connectivity index (χ1v) is 6.78. The summed E-state index contributed by atoms with van der Waals surface area (Å²) < 4.78 is 5.37. The van der Waals surface area contributed by atoms with Crippen LogP contribution in [0.5, 0.6) is 0 Å². The number of hydrogen-bond donors (Lipinski definition) is 2. The third-order valence-corrected chi connectivity index (χ3v) is 3.51. The molecule has 20 heavy (non-hydrogen) atoms. The van der Waals surface area contributed by atoms with Crippen molar-refractivity contribution in [2.24, 2.45) is 0 Å². The van der Waals surface area contributed by atoms with Crippen LogP contribution in [0.2, 0.25) is 0 Å². The standard InChI is InChI=1S/C16H19NO3/c1-20-15-9-3-8-14(15)17-16(19)13-7-2-5-12(11-13)6-4-10-18/h2,5,7,11,14-15,18H,3,8-10H2,1H3,(H,17,19). The summed E-state index contributed by atoms with van der Waals surface area (Å²) in [6, 6.07) is 7.18. The lowest BCUT2D eigenvalue weighted by Crippen LogP contribution is -2.40. The van der Waals surface area contributed by atoms with Crippen LogP contribution in [0, 0.1) is 11.8 Å². The Labute approximate surface area is 119 Å². The fraction of sp³-hybridized carbons (Fsp3) is 0.438. The van der Waals surface area contributed by atoms with Crippen molar-refractivity contribution in [3.8, 4) is 11.8 Å². The third-order valence-electron chi connectivity index (χ3n) is 3.51. The minimum absolute atomic E-state index is 0.0830. The summed E-state index contributed by atoms with van der Waals surface area (Å²) in [5.41, 5.74) is 1.30. The van der Waals surface area contributed by atoms with Gasteiger partial charge in [0.2, 0.25) is 0 Å². The number of hydrogen-bond acceptors (Lipinski definition) is 3. The van der Waals surface area contributed by atoms with Crippen LogP contribution in [0.15, 0.2) is 24.3 Å². The van der Waals surface area contributed by atoms with Gasteiger partial charge in [0.1, 0.15) is 6.61 Å². The SMILES string of the molecule is COC1CCCC1NC(=O)c1cccc(C#CCO)c1. The van der Waals surface area contributed by atoms with Gasteiger partial charge in [-0.15, -0.1) is 0 Å². The predicted octanol–water partition coefficient (Wildman–Crippen LogP) is 1.33. The van der Waals surface area contributed by atoms with Gasteiger partial charge in [-0.3, -0.25) is 4.79 Å². The monoisotopic (exact) mass is 273 g/mol. The van der Waals surface area contributed by atoms with E-state index in [4.69, 9.17) is 9.84 Å². The van der Waals surface area contributed by atoms with Crippen LogP contribution in [-0.2, 0) is 4.74 Å². The minimum Gasteiger partial charge on any atom is -0.384 e. The summed E-state index contributed by atoms with van der Waals surface area (Å²) in [4.78, 5) is 12.2. The second-order valence-electron chi connectivity index (χ2n) is 4.83. The maximum absolute atomic E-state index is 12.2. The number of ether oxygens (including phenoxy) is 1. The first-order chi connectivity index (χ1) is 9.74. The van der Waals surface area contributed by atoms with Gasteiger partial charge in [0.25, 0.3) is 5.91 Å². The van der Waals surface area contributed by atoms with E-state index in [1.54, 1.807) is 25.3 Å². The van der Waals surface area contributed by atoms with Crippen molar-refractivity contribution in [2.45, 2.75) is 31.4 Å². The Morgan fingerprint density at radius 2 is 2.35 bits per heavy atom. The van der Waals surface area contributed by atoms with Gasteiger partial charge in [-0.25, -0.2) is 0 Å². The second kappa shape index (κ2) is 7.09. The molecule has 106 valence electrons. The quantitative estimate of drug-likeness (QED) is 0.817. The van der Waals surface area contributed by atoms with Crippen molar-refractivity contribution in [3.05, 3.63) is 35.4 Å². The van der Waals surface area contributed by atoms with Gasteiger partial charge in [-0.1, -0.05) is 17.9 Å².